The fraction of sp³-hybridized carbons (Fsp3) is 0.333. The highest BCUT2D eigenvalue weighted by Gasteiger charge is 2.07. The lowest BCUT2D eigenvalue weighted by atomic mass is 10.2. The van der Waals surface area contributed by atoms with E-state index in [1.54, 1.807) is 24.5 Å². The van der Waals surface area contributed by atoms with E-state index in [-0.39, 0.29) is 29.9 Å². The van der Waals surface area contributed by atoms with Crippen molar-refractivity contribution >= 4 is 64.5 Å². The van der Waals surface area contributed by atoms with Gasteiger partial charge in [-0.1, -0.05) is 23.7 Å². The molecule has 26 heavy (non-hydrogen) atoms. The second-order valence-electron chi connectivity index (χ2n) is 5.47. The fourth-order valence-corrected chi connectivity index (χ4v) is 3.11. The zero-order valence-electron chi connectivity index (χ0n) is 14.8. The van der Waals surface area contributed by atoms with Gasteiger partial charge in [0.1, 0.15) is 0 Å². The summed E-state index contributed by atoms with van der Waals surface area (Å²) in [5.41, 5.74) is 1.62. The summed E-state index contributed by atoms with van der Waals surface area (Å²) >= 11 is 7.80. The van der Waals surface area contributed by atoms with Gasteiger partial charge in [0.15, 0.2) is 5.96 Å². The number of guanidine groups is 1. The molecule has 142 valence electrons. The van der Waals surface area contributed by atoms with E-state index in [2.05, 4.69) is 32.4 Å². The summed E-state index contributed by atoms with van der Waals surface area (Å²) < 4.78 is 0. The molecule has 3 N–H and O–H groups in total. The van der Waals surface area contributed by atoms with Crippen LogP contribution < -0.4 is 16.0 Å². The van der Waals surface area contributed by atoms with E-state index in [1.807, 2.05) is 25.1 Å². The van der Waals surface area contributed by atoms with E-state index < -0.39 is 0 Å². The summed E-state index contributed by atoms with van der Waals surface area (Å²) in [6, 6.07) is 9.64. The normalized spacial score (nSPS) is 10.8. The third-order valence-electron chi connectivity index (χ3n) is 3.65. The Labute approximate surface area is 180 Å². The van der Waals surface area contributed by atoms with Crippen LogP contribution in [-0.2, 0) is 11.2 Å². The first-order valence-electron chi connectivity index (χ1n) is 8.12. The number of halogens is 2. The first-order chi connectivity index (χ1) is 12.1. The summed E-state index contributed by atoms with van der Waals surface area (Å²) in [6.45, 7) is 3.19. The molecule has 2 aromatic rings. The first-order valence-corrected chi connectivity index (χ1v) is 9.37. The van der Waals surface area contributed by atoms with Crippen LogP contribution in [0, 0.1) is 6.92 Å². The van der Waals surface area contributed by atoms with Gasteiger partial charge in [-0.2, -0.15) is 0 Å². The number of carbonyl (C=O) groups is 1. The number of hydrogen-bond acceptors (Lipinski definition) is 3. The van der Waals surface area contributed by atoms with Gasteiger partial charge in [-0.05, 0) is 42.5 Å². The largest absolute Gasteiger partial charge is 0.356 e. The number of benzene rings is 1. The average molecular weight is 507 g/mol. The number of hydrogen-bond donors (Lipinski definition) is 3. The van der Waals surface area contributed by atoms with Gasteiger partial charge in [-0.15, -0.1) is 35.3 Å². The van der Waals surface area contributed by atoms with Crippen LogP contribution in [0.5, 0.6) is 0 Å². The topological polar surface area (TPSA) is 65.5 Å². The molecule has 0 spiro atoms. The van der Waals surface area contributed by atoms with E-state index in [0.717, 1.165) is 24.2 Å². The number of carbonyl (C=O) groups excluding carboxylic acids is 1. The molecule has 1 aromatic heterocycles. The molecule has 0 aliphatic carbocycles. The van der Waals surface area contributed by atoms with Crippen molar-refractivity contribution in [3.05, 3.63) is 51.2 Å². The van der Waals surface area contributed by atoms with E-state index in [9.17, 15) is 4.79 Å². The molecule has 0 saturated carbocycles. The van der Waals surface area contributed by atoms with Crippen molar-refractivity contribution in [1.82, 2.24) is 10.6 Å². The van der Waals surface area contributed by atoms with Crippen LogP contribution >= 0.6 is 46.9 Å². The summed E-state index contributed by atoms with van der Waals surface area (Å²) in [6.07, 6.45) is 1.30. The maximum atomic E-state index is 12.1. The minimum Gasteiger partial charge on any atom is -0.356 e. The summed E-state index contributed by atoms with van der Waals surface area (Å²) in [4.78, 5) is 17.6. The molecular weight excluding hydrogens is 483 g/mol. The number of aliphatic imine (C=N–C) groups is 1. The number of amides is 1. The highest BCUT2D eigenvalue weighted by Crippen LogP contribution is 2.22. The molecule has 0 atom stereocenters. The molecule has 1 heterocycles. The van der Waals surface area contributed by atoms with Crippen molar-refractivity contribution in [2.24, 2.45) is 4.99 Å². The molecule has 8 heteroatoms. The van der Waals surface area contributed by atoms with Crippen LogP contribution in [0.4, 0.5) is 5.69 Å². The van der Waals surface area contributed by atoms with Crippen LogP contribution in [0.25, 0.3) is 0 Å². The van der Waals surface area contributed by atoms with E-state index >= 15 is 0 Å². The third kappa shape index (κ3) is 7.51. The quantitative estimate of drug-likeness (QED) is 0.301. The van der Waals surface area contributed by atoms with Crippen molar-refractivity contribution in [3.63, 3.8) is 0 Å². The number of nitrogens with one attached hydrogen (secondary N) is 3. The molecule has 0 aliphatic heterocycles. The van der Waals surface area contributed by atoms with E-state index in [0.29, 0.717) is 23.9 Å². The predicted octanol–water partition coefficient (Wildman–Crippen LogP) is 4.06. The maximum absolute atomic E-state index is 12.1. The molecule has 2 rings (SSSR count). The number of thiophene rings is 1. The van der Waals surface area contributed by atoms with Gasteiger partial charge in [0.2, 0.25) is 5.91 Å². The Morgan fingerprint density at radius 2 is 1.96 bits per heavy atom. The lowest BCUT2D eigenvalue weighted by Gasteiger charge is -2.12. The zero-order valence-corrected chi connectivity index (χ0v) is 18.7. The van der Waals surface area contributed by atoms with Gasteiger partial charge in [0.05, 0.1) is 0 Å². The van der Waals surface area contributed by atoms with Crippen molar-refractivity contribution in [3.8, 4) is 0 Å². The van der Waals surface area contributed by atoms with Gasteiger partial charge in [0, 0.05) is 42.1 Å². The molecule has 0 unspecified atom stereocenters. The van der Waals surface area contributed by atoms with Crippen molar-refractivity contribution < 1.29 is 4.79 Å². The lowest BCUT2D eigenvalue weighted by Crippen LogP contribution is -2.39. The highest BCUT2D eigenvalue weighted by molar-refractivity contribution is 14.0. The minimum absolute atomic E-state index is 0. The Balaban J connectivity index is 0.00000338. The van der Waals surface area contributed by atoms with Crippen LogP contribution in [0.1, 0.15) is 16.9 Å². The number of rotatable bonds is 7. The molecule has 0 bridgehead atoms. The van der Waals surface area contributed by atoms with E-state index in [4.69, 9.17) is 11.6 Å². The molecule has 0 saturated heterocycles. The van der Waals surface area contributed by atoms with Crippen LogP contribution in [-0.4, -0.2) is 32.0 Å². The standard InChI is InChI=1S/C18H23ClN4OS.HI/c1-13-15(19)6-3-7-16(13)23-17(24)9-11-22-18(20-2)21-10-8-14-5-4-12-25-14;/h3-7,12H,8-11H2,1-2H3,(H,23,24)(H2,20,21,22);1H. The molecular formula is C18H24ClIN4OS. The number of anilines is 1. The summed E-state index contributed by atoms with van der Waals surface area (Å²) in [5, 5.41) is 12.0. The Hall–Kier alpha value is -1.32. The van der Waals surface area contributed by atoms with Gasteiger partial charge >= 0.3 is 0 Å². The molecule has 5 nitrogen and oxygen atoms in total. The minimum atomic E-state index is -0.0631. The Bertz CT molecular complexity index is 722. The summed E-state index contributed by atoms with van der Waals surface area (Å²) in [7, 11) is 1.72. The third-order valence-corrected chi connectivity index (χ3v) is 5.00. The maximum Gasteiger partial charge on any atom is 0.226 e. The second-order valence-corrected chi connectivity index (χ2v) is 6.91. The van der Waals surface area contributed by atoms with Crippen LogP contribution in [0.3, 0.4) is 0 Å². The van der Waals surface area contributed by atoms with Gasteiger partial charge in [-0.25, -0.2) is 0 Å². The molecule has 0 radical (unpaired) electrons. The SMILES string of the molecule is CN=C(NCCC(=O)Nc1cccc(Cl)c1C)NCCc1cccs1.I. The lowest BCUT2D eigenvalue weighted by molar-refractivity contribution is -0.116. The average Bonchev–Trinajstić information content (AvgIpc) is 3.11. The van der Waals surface area contributed by atoms with Crippen LogP contribution in [0.15, 0.2) is 40.7 Å². The molecule has 0 aliphatic rings. The predicted molar refractivity (Wildman–Crippen MR) is 122 cm³/mol. The second kappa shape index (κ2) is 12.1. The van der Waals surface area contributed by atoms with Crippen molar-refractivity contribution in [2.45, 2.75) is 19.8 Å². The van der Waals surface area contributed by atoms with Gasteiger partial charge in [-0.3, -0.25) is 9.79 Å². The monoisotopic (exact) mass is 506 g/mol. The Morgan fingerprint density at radius 1 is 1.19 bits per heavy atom. The van der Waals surface area contributed by atoms with Crippen molar-refractivity contribution in [2.75, 3.05) is 25.5 Å². The van der Waals surface area contributed by atoms with Gasteiger partial charge < -0.3 is 16.0 Å². The highest BCUT2D eigenvalue weighted by atomic mass is 127. The zero-order chi connectivity index (χ0) is 18.1. The van der Waals surface area contributed by atoms with E-state index in [1.165, 1.54) is 4.88 Å². The number of nitrogens with zero attached hydrogens (tertiary/aromatic N) is 1. The molecule has 0 fully saturated rings. The smallest absolute Gasteiger partial charge is 0.226 e. The Kier molecular flexibility index (Phi) is 10.6. The summed E-state index contributed by atoms with van der Waals surface area (Å²) in [5.74, 6) is 0.634. The van der Waals surface area contributed by atoms with Gasteiger partial charge in [0.25, 0.3) is 0 Å². The van der Waals surface area contributed by atoms with Crippen LogP contribution in [0.2, 0.25) is 5.02 Å². The Morgan fingerprint density at radius 3 is 2.65 bits per heavy atom. The fourth-order valence-electron chi connectivity index (χ4n) is 2.23. The van der Waals surface area contributed by atoms with Crippen molar-refractivity contribution in [1.29, 1.82) is 0 Å². The molecule has 1 amide bonds. The first kappa shape index (κ1) is 22.7. The molecule has 1 aromatic carbocycles.